The third kappa shape index (κ3) is 1.96. The Morgan fingerprint density at radius 2 is 1.22 bits per heavy atom. The minimum Gasteiger partial charge on any atom is -0.398 e. The minimum absolute atomic E-state index is 0.0980. The largest absolute Gasteiger partial charge is 0.421 e. The molecule has 5 heteroatoms. The van der Waals surface area contributed by atoms with Gasteiger partial charge in [0.2, 0.25) is 0 Å². The summed E-state index contributed by atoms with van der Waals surface area (Å²) in [6.07, 6.45) is -4.72. The Morgan fingerprint density at radius 1 is 0.889 bits per heavy atom. The lowest BCUT2D eigenvalue weighted by Gasteiger charge is -2.32. The van der Waals surface area contributed by atoms with E-state index in [1.165, 1.54) is 0 Å². The first-order valence-corrected chi connectivity index (χ1v) is 5.58. The standard InChI is InChI=1S/C13H18F3NO/c1-6-8(3)11(17)9(4)7(2)10(6)12(5,18)13(14,15)16/h18H,17H2,1-5H3. The van der Waals surface area contributed by atoms with Crippen LogP contribution in [-0.4, -0.2) is 11.3 Å². The fourth-order valence-electron chi connectivity index (χ4n) is 2.21. The van der Waals surface area contributed by atoms with E-state index < -0.39 is 11.8 Å². The summed E-state index contributed by atoms with van der Waals surface area (Å²) in [5.74, 6) is 0. The van der Waals surface area contributed by atoms with Crippen LogP contribution in [0.15, 0.2) is 0 Å². The highest BCUT2D eigenvalue weighted by molar-refractivity contribution is 5.63. The predicted molar refractivity (Wildman–Crippen MR) is 65.4 cm³/mol. The van der Waals surface area contributed by atoms with Crippen LogP contribution in [0, 0.1) is 27.7 Å². The molecule has 0 radical (unpaired) electrons. The highest BCUT2D eigenvalue weighted by Crippen LogP contribution is 2.43. The Bertz CT molecular complexity index is 461. The van der Waals surface area contributed by atoms with Gasteiger partial charge in [0.1, 0.15) is 0 Å². The number of aliphatic hydroxyl groups is 1. The Hall–Kier alpha value is -1.23. The molecule has 1 rings (SSSR count). The molecule has 1 unspecified atom stereocenters. The molecule has 0 fully saturated rings. The van der Waals surface area contributed by atoms with Crippen molar-refractivity contribution < 1.29 is 18.3 Å². The van der Waals surface area contributed by atoms with Crippen LogP contribution < -0.4 is 5.73 Å². The Kier molecular flexibility index (Phi) is 3.42. The van der Waals surface area contributed by atoms with Crippen LogP contribution in [0.3, 0.4) is 0 Å². The third-order valence-corrected chi connectivity index (χ3v) is 3.72. The summed E-state index contributed by atoms with van der Waals surface area (Å²) in [6, 6.07) is 0. The van der Waals surface area contributed by atoms with E-state index in [-0.39, 0.29) is 5.56 Å². The maximum Gasteiger partial charge on any atom is 0.421 e. The van der Waals surface area contributed by atoms with Crippen LogP contribution in [0.4, 0.5) is 18.9 Å². The quantitative estimate of drug-likeness (QED) is 0.762. The lowest BCUT2D eigenvalue weighted by atomic mass is 9.82. The molecular formula is C13H18F3NO. The molecule has 0 saturated carbocycles. The van der Waals surface area contributed by atoms with Crippen molar-refractivity contribution in [2.45, 2.75) is 46.4 Å². The van der Waals surface area contributed by atoms with Gasteiger partial charge in [0.15, 0.2) is 5.60 Å². The molecule has 1 atom stereocenters. The summed E-state index contributed by atoms with van der Waals surface area (Å²) in [5.41, 5.74) is 5.29. The number of nitrogens with two attached hydrogens (primary N) is 1. The SMILES string of the molecule is Cc1c(C)c(C(C)(O)C(F)(F)F)c(C)c(C)c1N. The summed E-state index contributed by atoms with van der Waals surface area (Å²) in [7, 11) is 0. The molecule has 0 amide bonds. The number of hydrogen-bond donors (Lipinski definition) is 2. The molecule has 0 aliphatic heterocycles. The second-order valence-electron chi connectivity index (χ2n) is 4.86. The summed E-state index contributed by atoms with van der Waals surface area (Å²) >= 11 is 0. The zero-order valence-electron chi connectivity index (χ0n) is 11.2. The maximum absolute atomic E-state index is 13.0. The minimum atomic E-state index is -4.72. The number of alkyl halides is 3. The number of halogens is 3. The molecule has 3 N–H and O–H groups in total. The van der Waals surface area contributed by atoms with Gasteiger partial charge in [-0.3, -0.25) is 0 Å². The van der Waals surface area contributed by atoms with E-state index in [4.69, 9.17) is 5.73 Å². The first-order valence-electron chi connectivity index (χ1n) is 5.58. The molecule has 102 valence electrons. The Morgan fingerprint density at radius 3 is 1.50 bits per heavy atom. The number of nitrogen functional groups attached to an aromatic ring is 1. The monoisotopic (exact) mass is 261 g/mol. The summed E-state index contributed by atoms with van der Waals surface area (Å²) in [4.78, 5) is 0. The van der Waals surface area contributed by atoms with Gasteiger partial charge < -0.3 is 10.8 Å². The van der Waals surface area contributed by atoms with Gasteiger partial charge in [0, 0.05) is 5.69 Å². The van der Waals surface area contributed by atoms with E-state index in [0.717, 1.165) is 6.92 Å². The van der Waals surface area contributed by atoms with Crippen LogP contribution >= 0.6 is 0 Å². The normalized spacial score (nSPS) is 15.6. The molecule has 0 saturated heterocycles. The molecule has 0 heterocycles. The van der Waals surface area contributed by atoms with Crippen molar-refractivity contribution in [2.24, 2.45) is 0 Å². The molecular weight excluding hydrogens is 243 g/mol. The van der Waals surface area contributed by atoms with Crippen LogP contribution in [0.1, 0.15) is 34.7 Å². The van der Waals surface area contributed by atoms with E-state index in [2.05, 4.69) is 0 Å². The Labute approximate surface area is 105 Å². The molecule has 0 aliphatic carbocycles. The number of benzene rings is 1. The highest BCUT2D eigenvalue weighted by Gasteiger charge is 2.52. The molecule has 1 aromatic rings. The van der Waals surface area contributed by atoms with Crippen LogP contribution in [0.2, 0.25) is 0 Å². The third-order valence-electron chi connectivity index (χ3n) is 3.72. The Balaban J connectivity index is 3.72. The smallest absolute Gasteiger partial charge is 0.398 e. The number of rotatable bonds is 1. The molecule has 0 spiro atoms. The van der Waals surface area contributed by atoms with Crippen molar-refractivity contribution in [1.82, 2.24) is 0 Å². The van der Waals surface area contributed by atoms with Crippen molar-refractivity contribution in [3.63, 3.8) is 0 Å². The van der Waals surface area contributed by atoms with Gasteiger partial charge in [-0.05, 0) is 62.4 Å². The average molecular weight is 261 g/mol. The summed E-state index contributed by atoms with van der Waals surface area (Å²) < 4.78 is 38.9. The van der Waals surface area contributed by atoms with Crippen LogP contribution in [-0.2, 0) is 5.60 Å². The van der Waals surface area contributed by atoms with Gasteiger partial charge in [0.05, 0.1) is 0 Å². The van der Waals surface area contributed by atoms with Crippen molar-refractivity contribution in [3.05, 3.63) is 27.8 Å². The second kappa shape index (κ2) is 4.16. The second-order valence-corrected chi connectivity index (χ2v) is 4.86. The first kappa shape index (κ1) is 14.8. The van der Waals surface area contributed by atoms with E-state index in [1.54, 1.807) is 27.7 Å². The van der Waals surface area contributed by atoms with Gasteiger partial charge >= 0.3 is 6.18 Å². The van der Waals surface area contributed by atoms with Gasteiger partial charge in [0.25, 0.3) is 0 Å². The van der Waals surface area contributed by atoms with Gasteiger partial charge in [-0.2, -0.15) is 13.2 Å². The summed E-state index contributed by atoms with van der Waals surface area (Å²) in [6.45, 7) is 7.19. The van der Waals surface area contributed by atoms with Gasteiger partial charge in [-0.1, -0.05) is 0 Å². The van der Waals surface area contributed by atoms with Crippen LogP contribution in [0.25, 0.3) is 0 Å². The average Bonchev–Trinajstić information content (AvgIpc) is 2.22. The molecule has 2 nitrogen and oxygen atoms in total. The van der Waals surface area contributed by atoms with Crippen molar-refractivity contribution in [1.29, 1.82) is 0 Å². The van der Waals surface area contributed by atoms with E-state index in [9.17, 15) is 18.3 Å². The highest BCUT2D eigenvalue weighted by atomic mass is 19.4. The molecule has 0 aliphatic rings. The van der Waals surface area contributed by atoms with E-state index in [0.29, 0.717) is 27.9 Å². The fourth-order valence-corrected chi connectivity index (χ4v) is 2.21. The lowest BCUT2D eigenvalue weighted by molar-refractivity contribution is -0.259. The zero-order valence-corrected chi connectivity index (χ0v) is 11.2. The van der Waals surface area contributed by atoms with E-state index >= 15 is 0 Å². The van der Waals surface area contributed by atoms with Gasteiger partial charge in [-0.15, -0.1) is 0 Å². The molecule has 0 aromatic heterocycles. The maximum atomic E-state index is 13.0. The van der Waals surface area contributed by atoms with Gasteiger partial charge in [-0.25, -0.2) is 0 Å². The first-order chi connectivity index (χ1) is 7.93. The number of hydrogen-bond acceptors (Lipinski definition) is 2. The lowest BCUT2D eigenvalue weighted by Crippen LogP contribution is -2.41. The predicted octanol–water partition coefficient (Wildman–Crippen LogP) is 3.27. The molecule has 1 aromatic carbocycles. The fraction of sp³-hybridized carbons (Fsp3) is 0.538. The van der Waals surface area contributed by atoms with Crippen molar-refractivity contribution >= 4 is 5.69 Å². The zero-order chi connectivity index (χ0) is 14.5. The van der Waals surface area contributed by atoms with Crippen molar-refractivity contribution in [2.75, 3.05) is 5.73 Å². The summed E-state index contributed by atoms with van der Waals surface area (Å²) in [5, 5.41) is 9.86. The van der Waals surface area contributed by atoms with E-state index in [1.807, 2.05) is 0 Å². The van der Waals surface area contributed by atoms with Crippen molar-refractivity contribution in [3.8, 4) is 0 Å². The topological polar surface area (TPSA) is 46.2 Å². The molecule has 18 heavy (non-hydrogen) atoms. The van der Waals surface area contributed by atoms with Crippen LogP contribution in [0.5, 0.6) is 0 Å². The number of anilines is 1. The molecule has 0 bridgehead atoms.